The van der Waals surface area contributed by atoms with Crippen LogP contribution in [0.4, 0.5) is 4.39 Å². The van der Waals surface area contributed by atoms with Crippen molar-refractivity contribution in [2.75, 3.05) is 0 Å². The SMILES string of the molecule is CC1CCC[C@H]1F. The highest BCUT2D eigenvalue weighted by Crippen LogP contribution is 2.26. The Balaban J connectivity index is 2.33. The summed E-state index contributed by atoms with van der Waals surface area (Å²) in [4.78, 5) is 0. The van der Waals surface area contributed by atoms with Gasteiger partial charge in [-0.15, -0.1) is 0 Å². The van der Waals surface area contributed by atoms with Crippen molar-refractivity contribution in [1.82, 2.24) is 0 Å². The van der Waals surface area contributed by atoms with E-state index in [2.05, 4.69) is 0 Å². The lowest BCUT2D eigenvalue weighted by atomic mass is 10.1. The van der Waals surface area contributed by atoms with E-state index >= 15 is 0 Å². The molecular formula is C6H11F. The molecule has 0 nitrogen and oxygen atoms in total. The third kappa shape index (κ3) is 0.929. The summed E-state index contributed by atoms with van der Waals surface area (Å²) in [7, 11) is 0. The molecule has 0 amide bonds. The molecule has 1 fully saturated rings. The summed E-state index contributed by atoms with van der Waals surface area (Å²) < 4.78 is 12.3. The second-order valence-electron chi connectivity index (χ2n) is 2.42. The fraction of sp³-hybridized carbons (Fsp3) is 1.00. The fourth-order valence-corrected chi connectivity index (χ4v) is 1.10. The summed E-state index contributed by atoms with van der Waals surface area (Å²) in [6, 6.07) is 0. The quantitative estimate of drug-likeness (QED) is 0.439. The largest absolute Gasteiger partial charge is 0.247 e. The zero-order valence-electron chi connectivity index (χ0n) is 4.65. The summed E-state index contributed by atoms with van der Waals surface area (Å²) in [6.07, 6.45) is 2.52. The van der Waals surface area contributed by atoms with Crippen molar-refractivity contribution in [2.24, 2.45) is 5.92 Å². The van der Waals surface area contributed by atoms with Gasteiger partial charge >= 0.3 is 0 Å². The maximum atomic E-state index is 12.3. The van der Waals surface area contributed by atoms with E-state index in [4.69, 9.17) is 0 Å². The van der Waals surface area contributed by atoms with Crippen molar-refractivity contribution in [3.63, 3.8) is 0 Å². The molecule has 0 spiro atoms. The minimum Gasteiger partial charge on any atom is -0.247 e. The number of alkyl halides is 1. The Morgan fingerprint density at radius 3 is 2.29 bits per heavy atom. The van der Waals surface area contributed by atoms with E-state index < -0.39 is 6.17 Å². The highest BCUT2D eigenvalue weighted by Gasteiger charge is 2.21. The van der Waals surface area contributed by atoms with E-state index in [0.29, 0.717) is 5.92 Å². The van der Waals surface area contributed by atoms with E-state index in [-0.39, 0.29) is 0 Å². The van der Waals surface area contributed by atoms with Gasteiger partial charge in [-0.2, -0.15) is 0 Å². The van der Waals surface area contributed by atoms with Crippen molar-refractivity contribution in [1.29, 1.82) is 0 Å². The van der Waals surface area contributed by atoms with E-state index in [1.165, 1.54) is 0 Å². The van der Waals surface area contributed by atoms with Crippen LogP contribution in [0.25, 0.3) is 0 Å². The molecule has 0 radical (unpaired) electrons. The Bertz CT molecular complexity index is 53.2. The first-order valence-electron chi connectivity index (χ1n) is 2.95. The maximum Gasteiger partial charge on any atom is 0.103 e. The molecule has 0 aromatic heterocycles. The third-order valence-electron chi connectivity index (χ3n) is 1.76. The van der Waals surface area contributed by atoms with Crippen LogP contribution in [0.1, 0.15) is 26.2 Å². The monoisotopic (exact) mass is 102 g/mol. The average Bonchev–Trinajstić information content (AvgIpc) is 1.91. The van der Waals surface area contributed by atoms with Crippen LogP contribution in [0.2, 0.25) is 0 Å². The van der Waals surface area contributed by atoms with Crippen molar-refractivity contribution in [3.05, 3.63) is 0 Å². The molecule has 0 aromatic rings. The summed E-state index contributed by atoms with van der Waals surface area (Å²) >= 11 is 0. The second-order valence-corrected chi connectivity index (χ2v) is 2.42. The Kier molecular flexibility index (Phi) is 1.31. The van der Waals surface area contributed by atoms with Crippen molar-refractivity contribution < 1.29 is 4.39 Å². The lowest BCUT2D eigenvalue weighted by molar-refractivity contribution is 0.278. The molecule has 1 heteroatoms. The minimum atomic E-state index is -0.486. The van der Waals surface area contributed by atoms with E-state index in [1.807, 2.05) is 6.92 Å². The molecule has 42 valence electrons. The summed E-state index contributed by atoms with van der Waals surface area (Å²) in [5.41, 5.74) is 0. The fourth-order valence-electron chi connectivity index (χ4n) is 1.10. The molecule has 7 heavy (non-hydrogen) atoms. The summed E-state index contributed by atoms with van der Waals surface area (Å²) in [5.74, 6) is 0.347. The Morgan fingerprint density at radius 1 is 1.43 bits per heavy atom. The Morgan fingerprint density at radius 2 is 2.14 bits per heavy atom. The van der Waals surface area contributed by atoms with Gasteiger partial charge in [0.25, 0.3) is 0 Å². The summed E-state index contributed by atoms with van der Waals surface area (Å²) in [6.45, 7) is 1.98. The molecule has 1 aliphatic rings. The lowest BCUT2D eigenvalue weighted by Gasteiger charge is -2.00. The average molecular weight is 102 g/mol. The van der Waals surface area contributed by atoms with Gasteiger partial charge in [0, 0.05) is 0 Å². The van der Waals surface area contributed by atoms with Gasteiger partial charge in [0.1, 0.15) is 6.17 Å². The first kappa shape index (κ1) is 5.07. The molecule has 0 aromatic carbocycles. The van der Waals surface area contributed by atoms with E-state index in [1.54, 1.807) is 0 Å². The van der Waals surface area contributed by atoms with Gasteiger partial charge in [-0.1, -0.05) is 13.3 Å². The van der Waals surface area contributed by atoms with Gasteiger partial charge in [-0.3, -0.25) is 0 Å². The second kappa shape index (κ2) is 1.81. The van der Waals surface area contributed by atoms with Gasteiger partial charge in [0.05, 0.1) is 0 Å². The van der Waals surface area contributed by atoms with Crippen molar-refractivity contribution >= 4 is 0 Å². The molecule has 0 aliphatic heterocycles. The Hall–Kier alpha value is -0.0700. The number of hydrogen-bond donors (Lipinski definition) is 0. The standard InChI is InChI=1S/C6H11F/c1-5-3-2-4-6(5)7/h5-6H,2-4H2,1H3/t5?,6-/m1/s1. The molecule has 0 N–H and O–H groups in total. The molecule has 0 heterocycles. The van der Waals surface area contributed by atoms with Gasteiger partial charge in [-0.05, 0) is 18.8 Å². The molecule has 0 saturated heterocycles. The van der Waals surface area contributed by atoms with Gasteiger partial charge in [0.15, 0.2) is 0 Å². The molecule has 2 atom stereocenters. The van der Waals surface area contributed by atoms with Crippen LogP contribution in [0.15, 0.2) is 0 Å². The molecule has 0 bridgehead atoms. The van der Waals surface area contributed by atoms with E-state index in [0.717, 1.165) is 19.3 Å². The number of hydrogen-bond acceptors (Lipinski definition) is 0. The zero-order chi connectivity index (χ0) is 5.28. The van der Waals surface area contributed by atoms with Gasteiger partial charge in [0.2, 0.25) is 0 Å². The van der Waals surface area contributed by atoms with E-state index in [9.17, 15) is 4.39 Å². The third-order valence-corrected chi connectivity index (χ3v) is 1.76. The predicted octanol–water partition coefficient (Wildman–Crippen LogP) is 2.14. The van der Waals surface area contributed by atoms with Crippen molar-refractivity contribution in [2.45, 2.75) is 32.4 Å². The highest BCUT2D eigenvalue weighted by molar-refractivity contribution is 4.72. The van der Waals surface area contributed by atoms with Crippen LogP contribution in [0.5, 0.6) is 0 Å². The van der Waals surface area contributed by atoms with Crippen LogP contribution in [0.3, 0.4) is 0 Å². The van der Waals surface area contributed by atoms with Crippen LogP contribution in [-0.4, -0.2) is 6.17 Å². The summed E-state index contributed by atoms with van der Waals surface area (Å²) in [5, 5.41) is 0. The maximum absolute atomic E-state index is 12.3. The van der Waals surface area contributed by atoms with Crippen LogP contribution >= 0.6 is 0 Å². The van der Waals surface area contributed by atoms with Crippen LogP contribution in [0, 0.1) is 5.92 Å². The topological polar surface area (TPSA) is 0 Å². The number of rotatable bonds is 0. The Labute approximate surface area is 43.7 Å². The van der Waals surface area contributed by atoms with Crippen molar-refractivity contribution in [3.8, 4) is 0 Å². The predicted molar refractivity (Wildman–Crippen MR) is 27.9 cm³/mol. The zero-order valence-corrected chi connectivity index (χ0v) is 4.65. The first-order chi connectivity index (χ1) is 3.30. The highest BCUT2D eigenvalue weighted by atomic mass is 19.1. The molecular weight excluding hydrogens is 91.1 g/mol. The van der Waals surface area contributed by atoms with Gasteiger partial charge < -0.3 is 0 Å². The first-order valence-corrected chi connectivity index (χ1v) is 2.95. The molecule has 1 saturated carbocycles. The van der Waals surface area contributed by atoms with Crippen LogP contribution < -0.4 is 0 Å². The molecule has 1 aliphatic carbocycles. The van der Waals surface area contributed by atoms with Gasteiger partial charge in [-0.25, -0.2) is 4.39 Å². The normalized spacial score (nSPS) is 42.0. The van der Waals surface area contributed by atoms with Crippen LogP contribution in [-0.2, 0) is 0 Å². The smallest absolute Gasteiger partial charge is 0.103 e. The molecule has 1 rings (SSSR count). The molecule has 1 unspecified atom stereocenters. The number of halogens is 1. The lowest BCUT2D eigenvalue weighted by Crippen LogP contribution is -2.01. The minimum absolute atomic E-state index is 0.347.